The second kappa shape index (κ2) is 7.10. The molecule has 0 spiro atoms. The molecule has 0 bridgehead atoms. The van der Waals surface area contributed by atoms with E-state index >= 15 is 0 Å². The third-order valence-corrected chi connectivity index (χ3v) is 3.11. The summed E-state index contributed by atoms with van der Waals surface area (Å²) < 4.78 is 4.93. The molecule has 17 heavy (non-hydrogen) atoms. The molecule has 0 heterocycles. The van der Waals surface area contributed by atoms with Crippen molar-refractivity contribution in [1.29, 1.82) is 0 Å². The Hall–Kier alpha value is -1.31. The normalized spacial score (nSPS) is 10.2. The average Bonchev–Trinajstić information content (AvgIpc) is 2.34. The number of nitrogens with two attached hydrogens (primary N) is 1. The van der Waals surface area contributed by atoms with Crippen molar-refractivity contribution < 1.29 is 9.66 Å². The number of rotatable bonds is 7. The fourth-order valence-electron chi connectivity index (χ4n) is 1.28. The van der Waals surface area contributed by atoms with E-state index in [1.165, 1.54) is 12.1 Å². The molecule has 0 radical (unpaired) electrons. The van der Waals surface area contributed by atoms with E-state index in [4.69, 9.17) is 10.6 Å². The van der Waals surface area contributed by atoms with Crippen LogP contribution in [0.15, 0.2) is 18.2 Å². The molecular formula is C10H15N3O3S. The van der Waals surface area contributed by atoms with Crippen molar-refractivity contribution in [3.8, 4) is 0 Å². The molecule has 0 aromatic heterocycles. The summed E-state index contributed by atoms with van der Waals surface area (Å²) in [6.45, 7) is 0.658. The smallest absolute Gasteiger partial charge is 0.269 e. The van der Waals surface area contributed by atoms with Gasteiger partial charge in [0.15, 0.2) is 0 Å². The summed E-state index contributed by atoms with van der Waals surface area (Å²) in [5.41, 5.74) is 4.14. The lowest BCUT2D eigenvalue weighted by Crippen LogP contribution is -2.09. The molecule has 0 atom stereocenters. The van der Waals surface area contributed by atoms with Crippen LogP contribution in [0.1, 0.15) is 5.56 Å². The van der Waals surface area contributed by atoms with Crippen LogP contribution in [0.3, 0.4) is 0 Å². The van der Waals surface area contributed by atoms with E-state index in [0.29, 0.717) is 18.0 Å². The first-order valence-electron chi connectivity index (χ1n) is 4.99. The van der Waals surface area contributed by atoms with Crippen LogP contribution in [0.2, 0.25) is 0 Å². The maximum atomic E-state index is 10.7. The third kappa shape index (κ3) is 4.22. The number of hydrogen-bond acceptors (Lipinski definition) is 6. The number of hydrogen-bond donors (Lipinski definition) is 2. The average molecular weight is 257 g/mol. The first-order chi connectivity index (χ1) is 8.19. The Morgan fingerprint density at radius 1 is 1.59 bits per heavy atom. The lowest BCUT2D eigenvalue weighted by Gasteiger charge is -2.08. The van der Waals surface area contributed by atoms with Crippen molar-refractivity contribution in [3.05, 3.63) is 33.9 Å². The highest BCUT2D eigenvalue weighted by Gasteiger charge is 2.10. The topological polar surface area (TPSA) is 90.4 Å². The van der Waals surface area contributed by atoms with Gasteiger partial charge in [-0.15, -0.1) is 0 Å². The molecule has 0 fully saturated rings. The monoisotopic (exact) mass is 257 g/mol. The van der Waals surface area contributed by atoms with E-state index in [0.717, 1.165) is 11.3 Å². The predicted octanol–water partition coefficient (Wildman–Crippen LogP) is 1.76. The van der Waals surface area contributed by atoms with Crippen molar-refractivity contribution in [1.82, 2.24) is 0 Å². The van der Waals surface area contributed by atoms with Gasteiger partial charge in [0.25, 0.3) is 5.69 Å². The fraction of sp³-hybridized carbons (Fsp3) is 0.400. The minimum absolute atomic E-state index is 0.0753. The molecular weight excluding hydrogens is 242 g/mol. The number of non-ortho nitro benzene ring substituents is 1. The van der Waals surface area contributed by atoms with E-state index in [-0.39, 0.29) is 5.69 Å². The Balaban J connectivity index is 2.72. The Bertz CT molecular complexity index is 387. The quantitative estimate of drug-likeness (QED) is 0.335. The second-order valence-corrected chi connectivity index (χ2v) is 4.39. The van der Waals surface area contributed by atoms with Crippen LogP contribution in [0.4, 0.5) is 11.4 Å². The molecule has 3 N–H and O–H groups in total. The van der Waals surface area contributed by atoms with E-state index in [1.807, 2.05) is 0 Å². The Morgan fingerprint density at radius 2 is 2.35 bits per heavy atom. The number of ether oxygens (including phenoxy) is 1. The maximum absolute atomic E-state index is 10.7. The van der Waals surface area contributed by atoms with Crippen LogP contribution in [0.25, 0.3) is 0 Å². The van der Waals surface area contributed by atoms with Crippen molar-refractivity contribution in [3.63, 3.8) is 0 Å². The van der Waals surface area contributed by atoms with Gasteiger partial charge in [-0.3, -0.25) is 16.0 Å². The molecule has 0 aliphatic heterocycles. The van der Waals surface area contributed by atoms with Crippen LogP contribution < -0.4 is 11.3 Å². The van der Waals surface area contributed by atoms with Gasteiger partial charge in [-0.2, -0.15) is 11.8 Å². The van der Waals surface area contributed by atoms with Gasteiger partial charge < -0.3 is 10.2 Å². The largest absolute Gasteiger partial charge is 0.384 e. The van der Waals surface area contributed by atoms with E-state index in [9.17, 15) is 10.1 Å². The number of thioether (sulfide) groups is 1. The number of hydrazine groups is 1. The lowest BCUT2D eigenvalue weighted by atomic mass is 10.2. The standard InChI is InChI=1S/C10H15N3O3S/c1-16-4-5-17-7-8-6-9(13(14)15)2-3-10(8)12-11/h2-3,6,12H,4-5,7,11H2,1H3. The highest BCUT2D eigenvalue weighted by molar-refractivity contribution is 7.98. The third-order valence-electron chi connectivity index (χ3n) is 2.14. The Labute approximate surface area is 104 Å². The zero-order chi connectivity index (χ0) is 12.7. The number of anilines is 1. The molecule has 0 aliphatic carbocycles. The maximum Gasteiger partial charge on any atom is 0.269 e. The van der Waals surface area contributed by atoms with Gasteiger partial charge >= 0.3 is 0 Å². The second-order valence-electron chi connectivity index (χ2n) is 3.29. The molecule has 1 aromatic rings. The summed E-state index contributed by atoms with van der Waals surface area (Å²) in [5.74, 6) is 6.85. The molecule has 94 valence electrons. The lowest BCUT2D eigenvalue weighted by molar-refractivity contribution is -0.384. The molecule has 0 saturated carbocycles. The SMILES string of the molecule is COCCSCc1cc([N+](=O)[O-])ccc1NN. The number of nitro benzene ring substituents is 1. The highest BCUT2D eigenvalue weighted by Crippen LogP contribution is 2.25. The van der Waals surface area contributed by atoms with E-state index in [2.05, 4.69) is 5.43 Å². The number of nitrogens with one attached hydrogen (secondary N) is 1. The van der Waals surface area contributed by atoms with E-state index < -0.39 is 4.92 Å². The number of nitrogens with zero attached hydrogens (tertiary/aromatic N) is 1. The number of methoxy groups -OCH3 is 1. The van der Waals surface area contributed by atoms with E-state index in [1.54, 1.807) is 24.9 Å². The fourth-order valence-corrected chi connectivity index (χ4v) is 2.17. The van der Waals surface area contributed by atoms with Gasteiger partial charge in [0.1, 0.15) is 0 Å². The molecule has 7 heteroatoms. The molecule has 6 nitrogen and oxygen atoms in total. The summed E-state index contributed by atoms with van der Waals surface area (Å²) in [4.78, 5) is 10.2. The van der Waals surface area contributed by atoms with Gasteiger partial charge in [0, 0.05) is 30.7 Å². The van der Waals surface area contributed by atoms with Crippen molar-refractivity contribution >= 4 is 23.1 Å². The molecule has 0 unspecified atom stereocenters. The van der Waals surface area contributed by atoms with Crippen molar-refractivity contribution in [2.75, 3.05) is 24.9 Å². The van der Waals surface area contributed by atoms with Crippen LogP contribution >= 0.6 is 11.8 Å². The van der Waals surface area contributed by atoms with Gasteiger partial charge in [0.05, 0.1) is 17.2 Å². The van der Waals surface area contributed by atoms with Gasteiger partial charge in [-0.1, -0.05) is 0 Å². The van der Waals surface area contributed by atoms with Crippen LogP contribution in [-0.2, 0) is 10.5 Å². The van der Waals surface area contributed by atoms with Crippen molar-refractivity contribution in [2.24, 2.45) is 5.84 Å². The summed E-state index contributed by atoms with van der Waals surface area (Å²) in [5, 5.41) is 10.7. The summed E-state index contributed by atoms with van der Waals surface area (Å²) >= 11 is 1.64. The number of benzene rings is 1. The summed E-state index contributed by atoms with van der Waals surface area (Å²) in [7, 11) is 1.64. The van der Waals surface area contributed by atoms with Gasteiger partial charge in [-0.05, 0) is 11.6 Å². The Morgan fingerprint density at radius 3 is 2.94 bits per heavy atom. The first kappa shape index (κ1) is 13.8. The zero-order valence-corrected chi connectivity index (χ0v) is 10.3. The number of nitro groups is 1. The van der Waals surface area contributed by atoms with Crippen LogP contribution in [0, 0.1) is 10.1 Å². The van der Waals surface area contributed by atoms with Gasteiger partial charge in [-0.25, -0.2) is 0 Å². The van der Waals surface area contributed by atoms with Gasteiger partial charge in [0.2, 0.25) is 0 Å². The molecule has 0 aliphatic rings. The molecule has 0 saturated heterocycles. The molecule has 0 amide bonds. The molecule has 1 rings (SSSR count). The minimum atomic E-state index is -0.413. The summed E-state index contributed by atoms with van der Waals surface area (Å²) in [6.07, 6.45) is 0. The first-order valence-corrected chi connectivity index (χ1v) is 6.15. The zero-order valence-electron chi connectivity index (χ0n) is 9.51. The minimum Gasteiger partial charge on any atom is -0.384 e. The molecule has 1 aromatic carbocycles. The van der Waals surface area contributed by atoms with Crippen molar-refractivity contribution in [2.45, 2.75) is 5.75 Å². The Kier molecular flexibility index (Phi) is 5.75. The summed E-state index contributed by atoms with van der Waals surface area (Å²) in [6, 6.07) is 4.58. The number of nitrogen functional groups attached to an aromatic ring is 1. The van der Waals surface area contributed by atoms with Crippen LogP contribution in [0.5, 0.6) is 0 Å². The predicted molar refractivity (Wildman–Crippen MR) is 68.9 cm³/mol. The highest BCUT2D eigenvalue weighted by atomic mass is 32.2. The van der Waals surface area contributed by atoms with Crippen LogP contribution in [-0.4, -0.2) is 24.4 Å².